The minimum absolute atomic E-state index is 0.0174. The lowest BCUT2D eigenvalue weighted by molar-refractivity contribution is -0.955. The zero-order valence-corrected chi connectivity index (χ0v) is 21.6. The van der Waals surface area contributed by atoms with Crippen LogP contribution in [0.4, 0.5) is 13.2 Å². The Morgan fingerprint density at radius 2 is 1.41 bits per heavy atom. The van der Waals surface area contributed by atoms with Crippen LogP contribution < -0.4 is 0 Å². The lowest BCUT2D eigenvalue weighted by Gasteiger charge is -2.32. The number of hydrogen-bond acceptors (Lipinski definition) is 5. The van der Waals surface area contributed by atoms with Gasteiger partial charge in [-0.05, 0) is 29.3 Å². The van der Waals surface area contributed by atoms with Gasteiger partial charge in [0.2, 0.25) is 6.10 Å². The topological polar surface area (TPSA) is 78.7 Å². The first kappa shape index (κ1) is 27.9. The lowest BCUT2D eigenvalue weighted by atomic mass is 9.91. The number of hydrogen-bond donors (Lipinski definition) is 0. The van der Waals surface area contributed by atoms with Gasteiger partial charge in [0.25, 0.3) is 6.21 Å². The summed E-state index contributed by atoms with van der Waals surface area (Å²) in [6.07, 6.45) is 2.98. The molecule has 3 rings (SSSR count). The molecular formula is C23H30F3NO5SSi. The summed E-state index contributed by atoms with van der Waals surface area (Å²) in [6, 6.07) is 21.0. The molecule has 0 radical (unpaired) electrons. The summed E-state index contributed by atoms with van der Waals surface area (Å²) >= 11 is 0. The van der Waals surface area contributed by atoms with E-state index in [-0.39, 0.29) is 17.1 Å². The van der Waals surface area contributed by atoms with Crippen molar-refractivity contribution in [1.29, 1.82) is 0 Å². The quantitative estimate of drug-likeness (QED) is 0.286. The minimum Gasteiger partial charge on any atom is -0.741 e. The molecule has 34 heavy (non-hydrogen) atoms. The van der Waals surface area contributed by atoms with Gasteiger partial charge in [0.1, 0.15) is 0 Å². The van der Waals surface area contributed by atoms with Crippen LogP contribution >= 0.6 is 0 Å². The minimum atomic E-state index is -6.09. The smallest absolute Gasteiger partial charge is 0.485 e. The number of nitrogens with zero attached hydrogens (tertiary/aromatic N) is 1. The first-order valence-corrected chi connectivity index (χ1v) is 14.9. The van der Waals surface area contributed by atoms with Gasteiger partial charge in [0.05, 0.1) is 5.92 Å². The van der Waals surface area contributed by atoms with E-state index in [1.807, 2.05) is 6.07 Å². The Hall–Kier alpha value is -2.37. The van der Waals surface area contributed by atoms with Crippen molar-refractivity contribution in [2.75, 3.05) is 0 Å². The second-order valence-electron chi connectivity index (χ2n) is 9.44. The molecule has 1 heterocycles. The zero-order valence-electron chi connectivity index (χ0n) is 19.7. The van der Waals surface area contributed by atoms with E-state index in [4.69, 9.17) is 22.3 Å². The van der Waals surface area contributed by atoms with Gasteiger partial charge in [0.15, 0.2) is 15.0 Å². The maximum atomic E-state index is 10.7. The van der Waals surface area contributed by atoms with Crippen LogP contribution in [0.2, 0.25) is 18.1 Å². The monoisotopic (exact) mass is 517 g/mol. The molecule has 2 atom stereocenters. The lowest BCUT2D eigenvalue weighted by Crippen LogP contribution is -2.45. The molecule has 0 aliphatic carbocycles. The maximum absolute atomic E-state index is 10.7. The molecule has 2 aromatic rings. The van der Waals surface area contributed by atoms with E-state index >= 15 is 0 Å². The third-order valence-corrected chi connectivity index (χ3v) is 10.6. The van der Waals surface area contributed by atoms with Gasteiger partial charge in [0, 0.05) is 6.42 Å². The van der Waals surface area contributed by atoms with Crippen LogP contribution in [0.1, 0.15) is 50.3 Å². The fourth-order valence-electron chi connectivity index (χ4n) is 2.84. The Kier molecular flexibility index (Phi) is 8.60. The maximum Gasteiger partial charge on any atom is 0.485 e. The van der Waals surface area contributed by atoms with Crippen molar-refractivity contribution in [3.8, 4) is 0 Å². The van der Waals surface area contributed by atoms with Crippen molar-refractivity contribution in [2.24, 2.45) is 0 Å². The van der Waals surface area contributed by atoms with Crippen molar-refractivity contribution in [3.05, 3.63) is 71.8 Å². The van der Waals surface area contributed by atoms with Crippen LogP contribution in [-0.4, -0.2) is 37.9 Å². The van der Waals surface area contributed by atoms with Gasteiger partial charge >= 0.3 is 13.8 Å². The molecule has 0 N–H and O–H groups in total. The van der Waals surface area contributed by atoms with Gasteiger partial charge in [-0.2, -0.15) is 13.2 Å². The first-order valence-electron chi connectivity index (χ1n) is 10.6. The molecule has 0 fully saturated rings. The summed E-state index contributed by atoms with van der Waals surface area (Å²) < 4.78 is 65.3. The molecule has 0 bridgehead atoms. The second kappa shape index (κ2) is 10.5. The van der Waals surface area contributed by atoms with Crippen molar-refractivity contribution in [1.82, 2.24) is 0 Å². The summed E-state index contributed by atoms with van der Waals surface area (Å²) in [4.78, 5) is 7.91. The average molecular weight is 518 g/mol. The zero-order chi connectivity index (χ0) is 25.8. The summed E-state index contributed by atoms with van der Waals surface area (Å²) in [6.45, 7) is 11.2. The molecule has 188 valence electrons. The highest BCUT2D eigenvalue weighted by molar-refractivity contribution is 7.86. The Labute approximate surface area is 199 Å². The van der Waals surface area contributed by atoms with E-state index in [0.29, 0.717) is 0 Å². The van der Waals surface area contributed by atoms with E-state index in [2.05, 4.69) is 94.7 Å². The summed E-state index contributed by atoms with van der Waals surface area (Å²) in [7, 11) is -8.07. The molecule has 0 amide bonds. The van der Waals surface area contributed by atoms with Crippen LogP contribution in [0, 0.1) is 0 Å². The normalized spacial score (nSPS) is 19.3. The standard InChI is InChI=1S/C22H30NO2Si.CHF3O3S/c1-22(2,3)26(4,5)25-23-17-20(18-12-8-6-9-13-18)16-21(24-23)19-14-10-7-11-15-19;2-1(3,4)8(5,6)7/h6-15,17,20-21H,16H2,1-5H3;(H,5,6,7)/q+1;/p-1/t20-,21+;/m0./s1. The molecule has 11 heteroatoms. The Bertz CT molecular complexity index is 1070. The van der Waals surface area contributed by atoms with Gasteiger partial charge < -0.3 is 9.08 Å². The van der Waals surface area contributed by atoms with Crippen LogP contribution in [0.25, 0.3) is 0 Å². The van der Waals surface area contributed by atoms with Crippen molar-refractivity contribution in [2.45, 2.75) is 62.9 Å². The van der Waals surface area contributed by atoms with Gasteiger partial charge in [-0.1, -0.05) is 81.4 Å². The fourth-order valence-corrected chi connectivity index (χ4v) is 3.67. The highest BCUT2D eigenvalue weighted by Crippen LogP contribution is 2.39. The SMILES string of the molecule is CC(C)(C)[Si](C)(C)O[N+]1=C[C@@H](c2ccccc2)C[C@H](c2ccccc2)O1.O=S(=O)([O-])C(F)(F)F. The Balaban J connectivity index is 0.000000440. The number of alkyl halides is 3. The van der Waals surface area contributed by atoms with Crippen molar-refractivity contribution >= 4 is 24.7 Å². The largest absolute Gasteiger partial charge is 0.741 e. The predicted molar refractivity (Wildman–Crippen MR) is 124 cm³/mol. The number of halogens is 3. The molecule has 0 saturated heterocycles. The van der Waals surface area contributed by atoms with Crippen molar-refractivity contribution in [3.63, 3.8) is 0 Å². The highest BCUT2D eigenvalue weighted by atomic mass is 32.2. The first-order chi connectivity index (χ1) is 15.5. The van der Waals surface area contributed by atoms with E-state index < -0.39 is 23.9 Å². The second-order valence-corrected chi connectivity index (χ2v) is 15.5. The summed E-state index contributed by atoms with van der Waals surface area (Å²) in [5, 5.41) is 0.117. The molecule has 1 aliphatic rings. The van der Waals surface area contributed by atoms with Gasteiger partial charge in [-0.15, -0.1) is 0 Å². The van der Waals surface area contributed by atoms with Crippen molar-refractivity contribution < 1.29 is 40.4 Å². The Morgan fingerprint density at radius 3 is 1.82 bits per heavy atom. The fraction of sp³-hybridized carbons (Fsp3) is 0.435. The van der Waals surface area contributed by atoms with Crippen LogP contribution in [0.5, 0.6) is 0 Å². The predicted octanol–water partition coefficient (Wildman–Crippen LogP) is 5.92. The molecule has 2 aromatic carbocycles. The van der Waals surface area contributed by atoms with E-state index in [1.54, 1.807) is 4.90 Å². The number of benzene rings is 2. The third kappa shape index (κ3) is 7.57. The van der Waals surface area contributed by atoms with Crippen LogP contribution in [0.15, 0.2) is 60.7 Å². The van der Waals surface area contributed by atoms with Gasteiger partial charge in [-0.3, -0.25) is 0 Å². The van der Waals surface area contributed by atoms with E-state index in [0.717, 1.165) is 6.42 Å². The molecular weight excluding hydrogens is 487 g/mol. The molecule has 6 nitrogen and oxygen atoms in total. The molecule has 0 unspecified atom stereocenters. The number of rotatable bonds is 4. The molecule has 0 saturated carbocycles. The van der Waals surface area contributed by atoms with Crippen LogP contribution in [0.3, 0.4) is 0 Å². The van der Waals surface area contributed by atoms with E-state index in [1.165, 1.54) is 11.1 Å². The van der Waals surface area contributed by atoms with E-state index in [9.17, 15) is 13.2 Å². The molecule has 1 aliphatic heterocycles. The summed E-state index contributed by atoms with van der Waals surface area (Å²) in [5.41, 5.74) is -3.17. The summed E-state index contributed by atoms with van der Waals surface area (Å²) in [5.74, 6) is 0.264. The third-order valence-electron chi connectivity index (χ3n) is 5.81. The highest BCUT2D eigenvalue weighted by Gasteiger charge is 2.47. The van der Waals surface area contributed by atoms with Gasteiger partial charge in [-0.25, -0.2) is 13.3 Å². The van der Waals surface area contributed by atoms with Crippen LogP contribution in [-0.2, 0) is 19.5 Å². The Morgan fingerprint density at radius 1 is 0.971 bits per heavy atom. The average Bonchev–Trinajstić information content (AvgIpc) is 2.73. The molecule has 0 spiro atoms. The molecule has 0 aromatic heterocycles.